The van der Waals surface area contributed by atoms with Crippen LogP contribution in [0, 0.1) is 5.41 Å². The second kappa shape index (κ2) is 3.51. The summed E-state index contributed by atoms with van der Waals surface area (Å²) in [5.41, 5.74) is 4.77. The summed E-state index contributed by atoms with van der Waals surface area (Å²) < 4.78 is 0. The molecule has 2 rings (SSSR count). The molecule has 0 fully saturated rings. The van der Waals surface area contributed by atoms with Crippen molar-refractivity contribution in [1.82, 2.24) is 0 Å². The van der Waals surface area contributed by atoms with E-state index in [4.69, 9.17) is 0 Å². The highest BCUT2D eigenvalue weighted by Crippen LogP contribution is 2.51. The molecule has 0 saturated heterocycles. The molecule has 1 aromatic rings. The van der Waals surface area contributed by atoms with E-state index in [0.717, 1.165) is 6.42 Å². The van der Waals surface area contributed by atoms with Gasteiger partial charge in [0.25, 0.3) is 0 Å². The Bertz CT molecular complexity index is 433. The Morgan fingerprint density at radius 3 is 2.25 bits per heavy atom. The highest BCUT2D eigenvalue weighted by atomic mass is 14.4. The van der Waals surface area contributed by atoms with Crippen LogP contribution in [0.15, 0.2) is 29.8 Å². The fraction of sp³-hybridized carbons (Fsp3) is 0.467. The molecule has 16 heavy (non-hydrogen) atoms. The van der Waals surface area contributed by atoms with Crippen molar-refractivity contribution >= 4 is 13.9 Å². The zero-order valence-corrected chi connectivity index (χ0v) is 11.1. The maximum Gasteiger partial charge on any atom is 0.115 e. The van der Waals surface area contributed by atoms with Crippen molar-refractivity contribution in [3.05, 3.63) is 41.0 Å². The van der Waals surface area contributed by atoms with Crippen LogP contribution in [0.4, 0.5) is 0 Å². The van der Waals surface area contributed by atoms with Crippen LogP contribution in [-0.4, -0.2) is 7.85 Å². The third-order valence-electron chi connectivity index (χ3n) is 4.44. The largest absolute Gasteiger partial charge is 0.115 e. The predicted molar refractivity (Wildman–Crippen MR) is 74.5 cm³/mol. The molecule has 1 aliphatic rings. The zero-order chi connectivity index (χ0) is 12.0. The van der Waals surface area contributed by atoms with Crippen molar-refractivity contribution in [2.75, 3.05) is 0 Å². The lowest BCUT2D eigenvalue weighted by molar-refractivity contribution is 0.317. The minimum absolute atomic E-state index is 0.256. The smallest absolute Gasteiger partial charge is 0.0668 e. The molecular weight excluding hydrogens is 191 g/mol. The first-order valence-electron chi connectivity index (χ1n) is 6.11. The SMILES string of the molecule is BC(C)(C1=Cc2ccccc2C1)C(C)(C)C. The van der Waals surface area contributed by atoms with Gasteiger partial charge in [0.2, 0.25) is 0 Å². The first-order valence-corrected chi connectivity index (χ1v) is 6.11. The normalized spacial score (nSPS) is 18.9. The molecule has 1 aliphatic carbocycles. The van der Waals surface area contributed by atoms with Crippen molar-refractivity contribution in [1.29, 1.82) is 0 Å². The Labute approximate surface area is 100 Å². The summed E-state index contributed by atoms with van der Waals surface area (Å²) in [4.78, 5) is 0. The third-order valence-corrected chi connectivity index (χ3v) is 4.44. The molecule has 0 amide bonds. The molecule has 0 aliphatic heterocycles. The van der Waals surface area contributed by atoms with Crippen LogP contribution in [0.1, 0.15) is 38.8 Å². The second-order valence-electron chi connectivity index (χ2n) is 6.42. The van der Waals surface area contributed by atoms with E-state index in [1.54, 1.807) is 5.57 Å². The fourth-order valence-electron chi connectivity index (χ4n) is 2.16. The van der Waals surface area contributed by atoms with Crippen LogP contribution >= 0.6 is 0 Å². The zero-order valence-electron chi connectivity index (χ0n) is 11.1. The van der Waals surface area contributed by atoms with Gasteiger partial charge in [0.05, 0.1) is 0 Å². The minimum atomic E-state index is 0.256. The van der Waals surface area contributed by atoms with Gasteiger partial charge < -0.3 is 0 Å². The lowest BCUT2D eigenvalue weighted by Crippen LogP contribution is -2.28. The number of allylic oxidation sites excluding steroid dienone is 1. The lowest BCUT2D eigenvalue weighted by atomic mass is 9.51. The van der Waals surface area contributed by atoms with E-state index in [0.29, 0.717) is 5.41 Å². The summed E-state index contributed by atoms with van der Waals surface area (Å²) in [6.07, 6.45) is 3.51. The van der Waals surface area contributed by atoms with Crippen molar-refractivity contribution in [3.63, 3.8) is 0 Å². The predicted octanol–water partition coefficient (Wildman–Crippen LogP) is 3.48. The lowest BCUT2D eigenvalue weighted by Gasteiger charge is -2.40. The molecule has 0 aromatic heterocycles. The van der Waals surface area contributed by atoms with Crippen molar-refractivity contribution in [2.45, 2.75) is 39.4 Å². The summed E-state index contributed by atoms with van der Waals surface area (Å²) in [7, 11) is 2.37. The number of fused-ring (bicyclic) bond motifs is 1. The van der Waals surface area contributed by atoms with Crippen LogP contribution in [0.5, 0.6) is 0 Å². The van der Waals surface area contributed by atoms with E-state index < -0.39 is 0 Å². The van der Waals surface area contributed by atoms with E-state index in [-0.39, 0.29) is 5.31 Å². The molecule has 0 bridgehead atoms. The minimum Gasteiger partial charge on any atom is -0.0668 e. The maximum atomic E-state index is 2.39. The Hall–Kier alpha value is -0.975. The summed E-state index contributed by atoms with van der Waals surface area (Å²) in [5, 5.41) is 0.256. The number of rotatable bonds is 1. The second-order valence-corrected chi connectivity index (χ2v) is 6.42. The Kier molecular flexibility index (Phi) is 2.53. The summed E-state index contributed by atoms with van der Waals surface area (Å²) in [6, 6.07) is 8.74. The monoisotopic (exact) mass is 212 g/mol. The van der Waals surface area contributed by atoms with Gasteiger partial charge in [-0.3, -0.25) is 0 Å². The van der Waals surface area contributed by atoms with Crippen molar-refractivity contribution in [3.8, 4) is 0 Å². The van der Waals surface area contributed by atoms with Crippen LogP contribution < -0.4 is 0 Å². The van der Waals surface area contributed by atoms with Gasteiger partial charge in [-0.2, -0.15) is 0 Å². The molecule has 0 N–H and O–H groups in total. The molecule has 1 heteroatoms. The van der Waals surface area contributed by atoms with Gasteiger partial charge in [-0.1, -0.05) is 63.6 Å². The van der Waals surface area contributed by atoms with Crippen molar-refractivity contribution < 1.29 is 0 Å². The molecule has 84 valence electrons. The van der Waals surface area contributed by atoms with Gasteiger partial charge >= 0.3 is 0 Å². The van der Waals surface area contributed by atoms with Crippen LogP contribution in [0.25, 0.3) is 6.08 Å². The molecule has 0 heterocycles. The summed E-state index contributed by atoms with van der Waals surface area (Å²) in [6.45, 7) is 9.36. The van der Waals surface area contributed by atoms with Gasteiger partial charge in [-0.25, -0.2) is 0 Å². The van der Waals surface area contributed by atoms with E-state index in [9.17, 15) is 0 Å². The maximum absolute atomic E-state index is 2.39. The first kappa shape index (κ1) is 11.5. The molecule has 0 nitrogen and oxygen atoms in total. The standard InChI is InChI=1S/C15H21B/c1-14(2,3)15(4,16)13-9-11-7-5-6-8-12(11)10-13/h5-9H,10,16H2,1-4H3. The molecule has 0 saturated carbocycles. The summed E-state index contributed by atoms with van der Waals surface area (Å²) in [5.74, 6) is 0. The van der Waals surface area contributed by atoms with Crippen LogP contribution in [-0.2, 0) is 6.42 Å². The van der Waals surface area contributed by atoms with Gasteiger partial charge in [-0.05, 0) is 28.3 Å². The van der Waals surface area contributed by atoms with E-state index in [2.05, 4.69) is 65.9 Å². The molecule has 1 unspecified atom stereocenters. The molecule has 1 atom stereocenters. The Morgan fingerprint density at radius 1 is 1.06 bits per heavy atom. The molecule has 1 aromatic carbocycles. The number of benzene rings is 1. The highest BCUT2D eigenvalue weighted by Gasteiger charge is 2.37. The van der Waals surface area contributed by atoms with Crippen LogP contribution in [0.2, 0.25) is 5.31 Å². The quantitative estimate of drug-likeness (QED) is 0.625. The topological polar surface area (TPSA) is 0 Å². The highest BCUT2D eigenvalue weighted by molar-refractivity contribution is 6.18. The summed E-state index contributed by atoms with van der Waals surface area (Å²) >= 11 is 0. The van der Waals surface area contributed by atoms with Gasteiger partial charge in [-0.15, -0.1) is 0 Å². The van der Waals surface area contributed by atoms with E-state index in [1.165, 1.54) is 11.1 Å². The molecular formula is C15H21B. The van der Waals surface area contributed by atoms with E-state index >= 15 is 0 Å². The van der Waals surface area contributed by atoms with Gasteiger partial charge in [0, 0.05) is 0 Å². The Balaban J connectivity index is 2.36. The van der Waals surface area contributed by atoms with Crippen molar-refractivity contribution in [2.24, 2.45) is 5.41 Å². The van der Waals surface area contributed by atoms with Crippen LogP contribution in [0.3, 0.4) is 0 Å². The van der Waals surface area contributed by atoms with Gasteiger partial charge in [0.15, 0.2) is 0 Å². The molecule has 0 spiro atoms. The number of hydrogen-bond acceptors (Lipinski definition) is 0. The molecule has 0 radical (unpaired) electrons. The average molecular weight is 212 g/mol. The van der Waals surface area contributed by atoms with Gasteiger partial charge in [0.1, 0.15) is 7.85 Å². The first-order chi connectivity index (χ1) is 7.32. The number of hydrogen-bond donors (Lipinski definition) is 0. The Morgan fingerprint density at radius 2 is 1.69 bits per heavy atom. The average Bonchev–Trinajstić information content (AvgIpc) is 2.59. The van der Waals surface area contributed by atoms with E-state index in [1.807, 2.05) is 0 Å². The third kappa shape index (κ3) is 1.73. The fourth-order valence-corrected chi connectivity index (χ4v) is 2.16.